The van der Waals surface area contributed by atoms with Crippen LogP contribution in [0.1, 0.15) is 25.0 Å². The van der Waals surface area contributed by atoms with Gasteiger partial charge in [0.1, 0.15) is 9.98 Å². The van der Waals surface area contributed by atoms with Gasteiger partial charge in [0, 0.05) is 31.6 Å². The van der Waals surface area contributed by atoms with Crippen LogP contribution in [0.2, 0.25) is 0 Å². The zero-order valence-corrected chi connectivity index (χ0v) is 16.5. The minimum atomic E-state index is -0.636. The average Bonchev–Trinajstić information content (AvgIpc) is 2.67. The highest BCUT2D eigenvalue weighted by Gasteiger charge is 2.06. The van der Waals surface area contributed by atoms with Crippen LogP contribution in [0.15, 0.2) is 70.9 Å². The molecular weight excluding hydrogens is 392 g/mol. The number of hydrogen-bond acceptors (Lipinski definition) is 6. The maximum Gasteiger partial charge on any atom is 0.129 e. The van der Waals surface area contributed by atoms with Crippen molar-refractivity contribution in [3.8, 4) is 0 Å². The molecule has 0 aliphatic rings. The highest BCUT2D eigenvalue weighted by atomic mass is 32.1. The van der Waals surface area contributed by atoms with Crippen molar-refractivity contribution < 1.29 is 10.2 Å². The number of rotatable bonds is 6. The summed E-state index contributed by atoms with van der Waals surface area (Å²) in [5.41, 5.74) is 1.52. The maximum absolute atomic E-state index is 12.0. The first-order valence-electron chi connectivity index (χ1n) is 8.03. The number of thiocarbonyl (C=S) groups is 2. The van der Waals surface area contributed by atoms with Gasteiger partial charge in [-0.3, -0.25) is 10.0 Å². The summed E-state index contributed by atoms with van der Waals surface area (Å²) in [6, 6.07) is 18.4. The van der Waals surface area contributed by atoms with Gasteiger partial charge in [0.2, 0.25) is 0 Å². The van der Waals surface area contributed by atoms with Crippen LogP contribution >= 0.6 is 24.4 Å². The number of hydrazone groups is 2. The summed E-state index contributed by atoms with van der Waals surface area (Å²) in [7, 11) is 3.12. The molecule has 0 aromatic heterocycles. The van der Waals surface area contributed by atoms with E-state index in [0.29, 0.717) is 9.98 Å². The summed E-state index contributed by atoms with van der Waals surface area (Å²) >= 11 is 10.6. The Kier molecular flexibility index (Phi) is 9.20. The van der Waals surface area contributed by atoms with Gasteiger partial charge in [0.05, 0.1) is 0 Å². The lowest BCUT2D eigenvalue weighted by atomic mass is 10.2. The van der Waals surface area contributed by atoms with Gasteiger partial charge in [-0.05, 0) is 11.8 Å². The first-order valence-corrected chi connectivity index (χ1v) is 8.85. The fraction of sp³-hybridized carbons (Fsp3) is 0.200. The molecule has 2 aromatic rings. The Morgan fingerprint density at radius 1 is 0.750 bits per heavy atom. The molecule has 0 bridgehead atoms. The molecule has 0 aliphatic carbocycles. The minimum absolute atomic E-state index is 0. The first kappa shape index (κ1) is 23.2. The number of nitrogens with zero attached hydrogens (tertiary/aromatic N) is 4. The van der Waals surface area contributed by atoms with Gasteiger partial charge in [-0.2, -0.15) is 10.2 Å². The average molecular weight is 415 g/mol. The summed E-state index contributed by atoms with van der Waals surface area (Å²) in [4.78, 5) is 0.770. The molecule has 0 saturated carbocycles. The molecule has 6 nitrogen and oxygen atoms in total. The van der Waals surface area contributed by atoms with Crippen molar-refractivity contribution in [2.45, 2.75) is 13.8 Å². The van der Waals surface area contributed by atoms with Gasteiger partial charge in [-0.1, -0.05) is 92.5 Å². The highest BCUT2D eigenvalue weighted by molar-refractivity contribution is 7.80. The zero-order chi connectivity index (χ0) is 19.8. The predicted octanol–water partition coefficient (Wildman–Crippen LogP) is 1.98. The van der Waals surface area contributed by atoms with Crippen LogP contribution in [-0.4, -0.2) is 45.9 Å². The third kappa shape index (κ3) is 6.71. The molecule has 0 amide bonds. The molecule has 2 aromatic carbocycles. The lowest BCUT2D eigenvalue weighted by Crippen LogP contribution is -2.34. The number of benzene rings is 2. The Bertz CT molecular complexity index is 784. The van der Waals surface area contributed by atoms with Crippen molar-refractivity contribution in [1.82, 2.24) is 10.0 Å². The van der Waals surface area contributed by atoms with E-state index >= 15 is 0 Å². The summed E-state index contributed by atoms with van der Waals surface area (Å²) in [5.74, 6) is -1.27. The Labute approximate surface area is 176 Å². The molecule has 0 atom stereocenters. The fourth-order valence-corrected chi connectivity index (χ4v) is 2.51. The molecule has 0 saturated heterocycles. The van der Waals surface area contributed by atoms with Crippen molar-refractivity contribution in [2.24, 2.45) is 10.2 Å². The number of hydrogen-bond donors (Lipinski definition) is 0. The van der Waals surface area contributed by atoms with Crippen LogP contribution in [0.3, 0.4) is 0 Å². The van der Waals surface area contributed by atoms with Crippen LogP contribution in [-0.2, 0) is 0 Å². The van der Waals surface area contributed by atoms with Crippen molar-refractivity contribution in [3.63, 3.8) is 0 Å². The monoisotopic (exact) mass is 414 g/mol. The largest absolute Gasteiger partial charge is 0.860 e. The fourth-order valence-electron chi connectivity index (χ4n) is 2.16. The molecule has 0 fully saturated rings. The molecule has 0 heterocycles. The SMILES string of the molecule is C.CN(/N=C(\[O-])C/C([O-])=N/N(C)C(=S)c1ccccc1)C(=S)c1ccccc1. The van der Waals surface area contributed by atoms with Gasteiger partial charge >= 0.3 is 0 Å². The lowest BCUT2D eigenvalue weighted by Gasteiger charge is -2.23. The standard InChI is InChI=1S/C19H20N4O2S2.CH4/c1-22(18(26)14-9-5-3-6-10-14)20-16(24)13-17(25)21-23(2)19(27)15-11-7-4-8-12-15;/h3-12H,13H2,1-2H3,(H,20,24)(H,21,25);1H4/p-2. The summed E-state index contributed by atoms with van der Waals surface area (Å²) in [6.07, 6.45) is -0.469. The second-order valence-corrected chi connectivity index (χ2v) is 6.33. The predicted molar refractivity (Wildman–Crippen MR) is 118 cm³/mol. The Morgan fingerprint density at radius 2 is 1.07 bits per heavy atom. The first-order chi connectivity index (χ1) is 12.9. The molecule has 0 aliphatic heterocycles. The van der Waals surface area contributed by atoms with E-state index in [9.17, 15) is 10.2 Å². The summed E-state index contributed by atoms with van der Waals surface area (Å²) in [5, 5.41) is 34.2. The summed E-state index contributed by atoms with van der Waals surface area (Å²) in [6.45, 7) is 0. The Hall–Kier alpha value is -2.84. The van der Waals surface area contributed by atoms with E-state index in [1.54, 1.807) is 14.1 Å². The van der Waals surface area contributed by atoms with Crippen LogP contribution in [0, 0.1) is 0 Å². The van der Waals surface area contributed by atoms with Crippen molar-refractivity contribution in [2.75, 3.05) is 14.1 Å². The molecule has 2 rings (SSSR count). The van der Waals surface area contributed by atoms with Gasteiger partial charge in [-0.25, -0.2) is 0 Å². The van der Waals surface area contributed by atoms with Crippen molar-refractivity contribution >= 4 is 46.2 Å². The van der Waals surface area contributed by atoms with E-state index in [1.807, 2.05) is 60.7 Å². The quantitative estimate of drug-likeness (QED) is 0.311. The zero-order valence-electron chi connectivity index (χ0n) is 14.9. The third-order valence-electron chi connectivity index (χ3n) is 3.45. The minimum Gasteiger partial charge on any atom is -0.860 e. The molecule has 28 heavy (non-hydrogen) atoms. The van der Waals surface area contributed by atoms with E-state index in [1.165, 1.54) is 10.0 Å². The normalized spacial score (nSPS) is 11.4. The second-order valence-electron chi connectivity index (χ2n) is 5.55. The van der Waals surface area contributed by atoms with Crippen LogP contribution < -0.4 is 10.2 Å². The van der Waals surface area contributed by atoms with E-state index < -0.39 is 18.2 Å². The molecule has 148 valence electrons. The van der Waals surface area contributed by atoms with Gasteiger partial charge < -0.3 is 10.2 Å². The third-order valence-corrected chi connectivity index (χ3v) is 4.45. The topological polar surface area (TPSA) is 77.3 Å². The van der Waals surface area contributed by atoms with E-state index in [2.05, 4.69) is 10.2 Å². The highest BCUT2D eigenvalue weighted by Crippen LogP contribution is 2.06. The molecular formula is C20H22N4O2S2-2. The van der Waals surface area contributed by atoms with Crippen LogP contribution in [0.4, 0.5) is 0 Å². The van der Waals surface area contributed by atoms with Crippen molar-refractivity contribution in [1.29, 1.82) is 0 Å². The molecule has 0 unspecified atom stereocenters. The van der Waals surface area contributed by atoms with E-state index in [0.717, 1.165) is 11.1 Å². The smallest absolute Gasteiger partial charge is 0.129 e. The van der Waals surface area contributed by atoms with Gasteiger partial charge in [0.15, 0.2) is 0 Å². The van der Waals surface area contributed by atoms with Crippen LogP contribution in [0.25, 0.3) is 0 Å². The molecule has 0 radical (unpaired) electrons. The van der Waals surface area contributed by atoms with Gasteiger partial charge in [0.25, 0.3) is 0 Å². The maximum atomic E-state index is 12.0. The lowest BCUT2D eigenvalue weighted by molar-refractivity contribution is -0.234. The van der Waals surface area contributed by atoms with Gasteiger partial charge in [-0.15, -0.1) is 0 Å². The molecule has 0 N–H and O–H groups in total. The summed E-state index contributed by atoms with van der Waals surface area (Å²) < 4.78 is 0. The van der Waals surface area contributed by atoms with E-state index in [-0.39, 0.29) is 7.43 Å². The molecule has 8 heteroatoms. The second kappa shape index (κ2) is 11.1. The van der Waals surface area contributed by atoms with Crippen molar-refractivity contribution in [3.05, 3.63) is 71.8 Å². The van der Waals surface area contributed by atoms with E-state index in [4.69, 9.17) is 24.4 Å². The Morgan fingerprint density at radius 3 is 1.39 bits per heavy atom. The van der Waals surface area contributed by atoms with Crippen LogP contribution in [0.5, 0.6) is 0 Å². The Balaban J connectivity index is 0.00000392. The molecule has 0 spiro atoms.